The van der Waals surface area contributed by atoms with Crippen LogP contribution in [-0.2, 0) is 6.42 Å². The molecule has 1 heterocycles. The van der Waals surface area contributed by atoms with Crippen molar-refractivity contribution in [1.82, 2.24) is 5.32 Å². The van der Waals surface area contributed by atoms with Crippen LogP contribution in [0.4, 0.5) is 0 Å². The van der Waals surface area contributed by atoms with Gasteiger partial charge in [0.05, 0.1) is 0 Å². The van der Waals surface area contributed by atoms with Crippen molar-refractivity contribution < 1.29 is 0 Å². The van der Waals surface area contributed by atoms with Crippen molar-refractivity contribution in [2.24, 2.45) is 5.41 Å². The van der Waals surface area contributed by atoms with Crippen LogP contribution in [0.5, 0.6) is 0 Å². The SMILES string of the molecule is Cc1ccc(C(C)NC2c3cc(Cl)ccc3CC2(C)C)s1. The molecule has 112 valence electrons. The number of hydrogen-bond acceptors (Lipinski definition) is 2. The van der Waals surface area contributed by atoms with Crippen LogP contribution >= 0.6 is 22.9 Å². The largest absolute Gasteiger partial charge is 0.302 e. The Hall–Kier alpha value is -0.830. The molecule has 1 N–H and O–H groups in total. The van der Waals surface area contributed by atoms with E-state index in [-0.39, 0.29) is 5.41 Å². The molecule has 1 aliphatic carbocycles. The summed E-state index contributed by atoms with van der Waals surface area (Å²) in [6.07, 6.45) is 1.10. The molecule has 2 unspecified atom stereocenters. The number of rotatable bonds is 3. The van der Waals surface area contributed by atoms with Crippen LogP contribution in [0.15, 0.2) is 30.3 Å². The van der Waals surface area contributed by atoms with E-state index in [1.807, 2.05) is 17.4 Å². The number of benzene rings is 1. The normalized spacial score (nSPS) is 21.3. The first-order valence-corrected chi connectivity index (χ1v) is 8.67. The maximum Gasteiger partial charge on any atom is 0.0409 e. The molecule has 2 atom stereocenters. The Morgan fingerprint density at radius 3 is 2.71 bits per heavy atom. The summed E-state index contributed by atoms with van der Waals surface area (Å²) in [7, 11) is 0. The lowest BCUT2D eigenvalue weighted by molar-refractivity contribution is 0.253. The number of fused-ring (bicyclic) bond motifs is 1. The van der Waals surface area contributed by atoms with E-state index < -0.39 is 0 Å². The van der Waals surface area contributed by atoms with Crippen molar-refractivity contribution in [3.05, 3.63) is 56.2 Å². The van der Waals surface area contributed by atoms with E-state index >= 15 is 0 Å². The van der Waals surface area contributed by atoms with Crippen molar-refractivity contribution in [1.29, 1.82) is 0 Å². The Kier molecular flexibility index (Phi) is 3.89. The molecule has 1 aromatic heterocycles. The molecule has 1 aliphatic rings. The quantitative estimate of drug-likeness (QED) is 0.767. The Labute approximate surface area is 136 Å². The fourth-order valence-electron chi connectivity index (χ4n) is 3.34. The fourth-order valence-corrected chi connectivity index (χ4v) is 4.41. The molecule has 0 fully saturated rings. The zero-order valence-electron chi connectivity index (χ0n) is 13.0. The molecule has 0 saturated carbocycles. The lowest BCUT2D eigenvalue weighted by Crippen LogP contribution is -2.32. The van der Waals surface area contributed by atoms with E-state index in [4.69, 9.17) is 11.6 Å². The molecule has 0 radical (unpaired) electrons. The highest BCUT2D eigenvalue weighted by atomic mass is 35.5. The predicted molar refractivity (Wildman–Crippen MR) is 92.3 cm³/mol. The first-order valence-electron chi connectivity index (χ1n) is 7.47. The number of halogens is 1. The van der Waals surface area contributed by atoms with Crippen molar-refractivity contribution in [3.63, 3.8) is 0 Å². The molecular weight excluding hydrogens is 298 g/mol. The van der Waals surface area contributed by atoms with Gasteiger partial charge in [-0.05, 0) is 61.1 Å². The summed E-state index contributed by atoms with van der Waals surface area (Å²) < 4.78 is 0. The number of thiophene rings is 1. The highest BCUT2D eigenvalue weighted by molar-refractivity contribution is 7.12. The summed E-state index contributed by atoms with van der Waals surface area (Å²) >= 11 is 8.09. The Balaban J connectivity index is 1.89. The third-order valence-corrected chi connectivity index (χ3v) is 5.87. The lowest BCUT2D eigenvalue weighted by Gasteiger charge is -2.31. The molecule has 21 heavy (non-hydrogen) atoms. The Morgan fingerprint density at radius 1 is 1.29 bits per heavy atom. The smallest absolute Gasteiger partial charge is 0.0409 e. The van der Waals surface area contributed by atoms with Gasteiger partial charge < -0.3 is 5.32 Å². The van der Waals surface area contributed by atoms with Crippen LogP contribution < -0.4 is 5.32 Å². The molecule has 0 amide bonds. The average molecular weight is 320 g/mol. The lowest BCUT2D eigenvalue weighted by atomic mass is 9.85. The van der Waals surface area contributed by atoms with Gasteiger partial charge in [-0.2, -0.15) is 0 Å². The zero-order valence-corrected chi connectivity index (χ0v) is 14.6. The first-order chi connectivity index (χ1) is 9.87. The van der Waals surface area contributed by atoms with Crippen molar-refractivity contribution in [2.75, 3.05) is 0 Å². The molecule has 0 saturated heterocycles. The standard InChI is InChI=1S/C18H22ClNS/c1-11-5-8-16(21-11)12(2)20-17-15-9-14(19)7-6-13(15)10-18(17,3)4/h5-9,12,17,20H,10H2,1-4H3. The van der Waals surface area contributed by atoms with Gasteiger partial charge in [0.1, 0.15) is 0 Å². The summed E-state index contributed by atoms with van der Waals surface area (Å²) in [5, 5.41) is 4.67. The number of nitrogens with one attached hydrogen (secondary N) is 1. The maximum absolute atomic E-state index is 6.21. The second-order valence-electron chi connectivity index (χ2n) is 6.78. The molecule has 3 heteroatoms. The van der Waals surface area contributed by atoms with Crippen molar-refractivity contribution in [2.45, 2.75) is 46.2 Å². The van der Waals surface area contributed by atoms with Crippen molar-refractivity contribution in [3.8, 4) is 0 Å². The average Bonchev–Trinajstić information content (AvgIpc) is 2.93. The molecular formula is C18H22ClNS. The third-order valence-electron chi connectivity index (χ3n) is 4.45. The van der Waals surface area contributed by atoms with Crippen LogP contribution in [0, 0.1) is 12.3 Å². The maximum atomic E-state index is 6.21. The van der Waals surface area contributed by atoms with Crippen LogP contribution in [0.3, 0.4) is 0 Å². The highest BCUT2D eigenvalue weighted by Crippen LogP contribution is 2.47. The molecule has 1 nitrogen and oxygen atoms in total. The predicted octanol–water partition coefficient (Wildman–Crippen LogP) is 5.68. The van der Waals surface area contributed by atoms with E-state index in [1.165, 1.54) is 20.9 Å². The van der Waals surface area contributed by atoms with E-state index in [0.717, 1.165) is 11.4 Å². The fraction of sp³-hybridized carbons (Fsp3) is 0.444. The van der Waals surface area contributed by atoms with Gasteiger partial charge in [0.2, 0.25) is 0 Å². The van der Waals surface area contributed by atoms with Crippen molar-refractivity contribution >= 4 is 22.9 Å². The molecule has 3 rings (SSSR count). The van der Waals surface area contributed by atoms with Crippen LogP contribution in [-0.4, -0.2) is 0 Å². The summed E-state index contributed by atoms with van der Waals surface area (Å²) in [6.45, 7) is 9.09. The summed E-state index contributed by atoms with van der Waals surface area (Å²) in [5.41, 5.74) is 3.01. The molecule has 0 aliphatic heterocycles. The van der Waals surface area contributed by atoms with Gasteiger partial charge in [0.25, 0.3) is 0 Å². The van der Waals surface area contributed by atoms with Gasteiger partial charge in [0, 0.05) is 26.9 Å². The highest BCUT2D eigenvalue weighted by Gasteiger charge is 2.39. The van der Waals surface area contributed by atoms with Crippen LogP contribution in [0.2, 0.25) is 5.02 Å². The minimum atomic E-state index is 0.216. The second-order valence-corrected chi connectivity index (χ2v) is 8.53. The topological polar surface area (TPSA) is 12.0 Å². The minimum Gasteiger partial charge on any atom is -0.302 e. The van der Waals surface area contributed by atoms with Gasteiger partial charge in [-0.25, -0.2) is 0 Å². The molecule has 0 bridgehead atoms. The molecule has 2 aromatic rings. The summed E-state index contributed by atoms with van der Waals surface area (Å²) in [4.78, 5) is 2.77. The van der Waals surface area contributed by atoms with Gasteiger partial charge in [-0.1, -0.05) is 31.5 Å². The monoisotopic (exact) mass is 319 g/mol. The van der Waals surface area contributed by atoms with Crippen LogP contribution in [0.25, 0.3) is 0 Å². The number of aryl methyl sites for hydroxylation is 1. The van der Waals surface area contributed by atoms with Gasteiger partial charge in [-0.15, -0.1) is 11.3 Å². The zero-order chi connectivity index (χ0) is 15.2. The van der Waals surface area contributed by atoms with Gasteiger partial charge >= 0.3 is 0 Å². The first kappa shape index (κ1) is 15.1. The number of hydrogen-bond donors (Lipinski definition) is 1. The second kappa shape index (κ2) is 5.42. The third kappa shape index (κ3) is 2.90. The van der Waals surface area contributed by atoms with Gasteiger partial charge in [-0.3, -0.25) is 0 Å². The Morgan fingerprint density at radius 2 is 2.05 bits per heavy atom. The van der Waals surface area contributed by atoms with Crippen LogP contribution in [0.1, 0.15) is 53.7 Å². The van der Waals surface area contributed by atoms with E-state index in [2.05, 4.69) is 57.3 Å². The summed E-state index contributed by atoms with van der Waals surface area (Å²) in [5.74, 6) is 0. The minimum absolute atomic E-state index is 0.216. The van der Waals surface area contributed by atoms with Gasteiger partial charge in [0.15, 0.2) is 0 Å². The van der Waals surface area contributed by atoms with E-state index in [1.54, 1.807) is 0 Å². The molecule has 1 aromatic carbocycles. The van der Waals surface area contributed by atoms with E-state index in [9.17, 15) is 0 Å². The van der Waals surface area contributed by atoms with E-state index in [0.29, 0.717) is 12.1 Å². The molecule has 0 spiro atoms. The Bertz CT molecular complexity index is 659. The summed E-state index contributed by atoms with van der Waals surface area (Å²) in [6, 6.07) is 11.5.